The monoisotopic (exact) mass is 301 g/mol. The van der Waals surface area contributed by atoms with Gasteiger partial charge in [-0.05, 0) is 31.9 Å². The summed E-state index contributed by atoms with van der Waals surface area (Å²) < 4.78 is 11.2. The number of ether oxygens (including phenoxy) is 1. The number of methoxy groups -OCH3 is 1. The number of furan rings is 1. The van der Waals surface area contributed by atoms with Gasteiger partial charge in [-0.25, -0.2) is 0 Å². The van der Waals surface area contributed by atoms with E-state index in [1.54, 1.807) is 7.11 Å². The number of para-hydroxylation sites is 1. The van der Waals surface area contributed by atoms with Gasteiger partial charge < -0.3 is 14.5 Å². The number of fused-ring (bicyclic) bond motifs is 1. The Morgan fingerprint density at radius 3 is 2.82 bits per heavy atom. The molecule has 0 bridgehead atoms. The fourth-order valence-electron chi connectivity index (χ4n) is 3.20. The van der Waals surface area contributed by atoms with Crippen LogP contribution in [-0.4, -0.2) is 13.0 Å². The third-order valence-electron chi connectivity index (χ3n) is 4.51. The third kappa shape index (κ3) is 2.96. The molecule has 1 N–H and O–H groups in total. The molecule has 0 saturated heterocycles. The summed E-state index contributed by atoms with van der Waals surface area (Å²) in [6, 6.07) is 7.64. The molecule has 1 unspecified atom stereocenters. The molecule has 4 heteroatoms. The van der Waals surface area contributed by atoms with Crippen LogP contribution in [0.2, 0.25) is 0 Å². The SMILES string of the molecule is COc1cccc2cc(C(C)NC(=O)C3CCCCC3)oc12. The lowest BCUT2D eigenvalue weighted by molar-refractivity contribution is -0.126. The predicted molar refractivity (Wildman–Crippen MR) is 85.9 cm³/mol. The highest BCUT2D eigenvalue weighted by molar-refractivity contribution is 5.84. The van der Waals surface area contributed by atoms with Crippen LogP contribution in [0.1, 0.15) is 50.8 Å². The average Bonchev–Trinajstić information content (AvgIpc) is 2.99. The maximum Gasteiger partial charge on any atom is 0.223 e. The second-order valence-corrected chi connectivity index (χ2v) is 6.09. The van der Waals surface area contributed by atoms with Crippen LogP contribution in [0.3, 0.4) is 0 Å². The first-order valence-corrected chi connectivity index (χ1v) is 8.06. The topological polar surface area (TPSA) is 51.5 Å². The molecule has 1 heterocycles. The molecule has 1 aromatic heterocycles. The molecule has 1 aromatic carbocycles. The molecule has 22 heavy (non-hydrogen) atoms. The van der Waals surface area contributed by atoms with Gasteiger partial charge in [0.1, 0.15) is 5.76 Å². The summed E-state index contributed by atoms with van der Waals surface area (Å²) in [7, 11) is 1.63. The van der Waals surface area contributed by atoms with Crippen molar-refractivity contribution in [2.75, 3.05) is 7.11 Å². The summed E-state index contributed by atoms with van der Waals surface area (Å²) in [5.41, 5.74) is 0.735. The quantitative estimate of drug-likeness (QED) is 0.920. The zero-order chi connectivity index (χ0) is 15.5. The minimum atomic E-state index is -0.133. The highest BCUT2D eigenvalue weighted by atomic mass is 16.5. The summed E-state index contributed by atoms with van der Waals surface area (Å²) >= 11 is 0. The number of hydrogen-bond acceptors (Lipinski definition) is 3. The Bertz CT molecular complexity index is 655. The summed E-state index contributed by atoms with van der Waals surface area (Å²) in [6.07, 6.45) is 5.59. The van der Waals surface area contributed by atoms with Crippen LogP contribution in [0, 0.1) is 5.92 Å². The molecule has 1 fully saturated rings. The summed E-state index contributed by atoms with van der Waals surface area (Å²) in [5.74, 6) is 1.80. The summed E-state index contributed by atoms with van der Waals surface area (Å²) in [5, 5.41) is 4.08. The fourth-order valence-corrected chi connectivity index (χ4v) is 3.20. The first kappa shape index (κ1) is 14.9. The van der Waals surface area contributed by atoms with Crippen LogP contribution in [0.15, 0.2) is 28.7 Å². The Hall–Kier alpha value is -1.97. The van der Waals surface area contributed by atoms with Crippen molar-refractivity contribution in [3.63, 3.8) is 0 Å². The van der Waals surface area contributed by atoms with Gasteiger partial charge in [-0.1, -0.05) is 31.4 Å². The molecule has 118 valence electrons. The standard InChI is InChI=1S/C18H23NO3/c1-12(19-18(20)13-7-4-3-5-8-13)16-11-14-9-6-10-15(21-2)17(14)22-16/h6,9-13H,3-5,7-8H2,1-2H3,(H,19,20). The molecule has 0 radical (unpaired) electrons. The summed E-state index contributed by atoms with van der Waals surface area (Å²) in [4.78, 5) is 12.3. The number of benzene rings is 1. The largest absolute Gasteiger partial charge is 0.493 e. The minimum Gasteiger partial charge on any atom is -0.493 e. The van der Waals surface area contributed by atoms with Crippen LogP contribution in [-0.2, 0) is 4.79 Å². The van der Waals surface area contributed by atoms with E-state index < -0.39 is 0 Å². The minimum absolute atomic E-state index is 0.133. The number of carbonyl (C=O) groups excluding carboxylic acids is 1. The highest BCUT2D eigenvalue weighted by Crippen LogP contribution is 2.31. The number of nitrogens with one attached hydrogen (secondary N) is 1. The molecule has 1 saturated carbocycles. The average molecular weight is 301 g/mol. The lowest BCUT2D eigenvalue weighted by Crippen LogP contribution is -2.33. The van der Waals surface area contributed by atoms with E-state index in [4.69, 9.17) is 9.15 Å². The van der Waals surface area contributed by atoms with Crippen LogP contribution < -0.4 is 10.1 Å². The Morgan fingerprint density at radius 1 is 1.32 bits per heavy atom. The molecule has 3 rings (SSSR count). The van der Waals surface area contributed by atoms with E-state index in [-0.39, 0.29) is 17.9 Å². The van der Waals surface area contributed by atoms with Gasteiger partial charge >= 0.3 is 0 Å². The van der Waals surface area contributed by atoms with Crippen LogP contribution in [0.25, 0.3) is 11.0 Å². The van der Waals surface area contributed by atoms with E-state index in [0.717, 1.165) is 48.2 Å². The first-order valence-electron chi connectivity index (χ1n) is 8.06. The Balaban J connectivity index is 1.74. The van der Waals surface area contributed by atoms with Gasteiger partial charge in [0.2, 0.25) is 5.91 Å². The number of amides is 1. The van der Waals surface area contributed by atoms with Gasteiger partial charge in [-0.2, -0.15) is 0 Å². The zero-order valence-corrected chi connectivity index (χ0v) is 13.2. The molecular weight excluding hydrogens is 278 g/mol. The molecule has 0 aliphatic heterocycles. The second kappa shape index (κ2) is 6.42. The number of rotatable bonds is 4. The van der Waals surface area contributed by atoms with Crippen molar-refractivity contribution in [1.82, 2.24) is 5.32 Å². The van der Waals surface area contributed by atoms with Crippen molar-refractivity contribution in [2.45, 2.75) is 45.1 Å². The Kier molecular flexibility index (Phi) is 4.36. The normalized spacial score (nSPS) is 17.4. The van der Waals surface area contributed by atoms with Crippen molar-refractivity contribution < 1.29 is 13.9 Å². The molecule has 2 aromatic rings. The van der Waals surface area contributed by atoms with Gasteiger partial charge in [0.15, 0.2) is 11.3 Å². The third-order valence-corrected chi connectivity index (χ3v) is 4.51. The molecule has 1 amide bonds. The van der Waals surface area contributed by atoms with Crippen molar-refractivity contribution in [2.24, 2.45) is 5.92 Å². The van der Waals surface area contributed by atoms with Crippen molar-refractivity contribution >= 4 is 16.9 Å². The van der Waals surface area contributed by atoms with E-state index in [1.807, 2.05) is 31.2 Å². The van der Waals surface area contributed by atoms with E-state index in [9.17, 15) is 4.79 Å². The lowest BCUT2D eigenvalue weighted by atomic mass is 9.88. The van der Waals surface area contributed by atoms with Crippen LogP contribution in [0.5, 0.6) is 5.75 Å². The van der Waals surface area contributed by atoms with Crippen molar-refractivity contribution in [1.29, 1.82) is 0 Å². The van der Waals surface area contributed by atoms with E-state index >= 15 is 0 Å². The highest BCUT2D eigenvalue weighted by Gasteiger charge is 2.23. The van der Waals surface area contributed by atoms with Gasteiger partial charge in [0.05, 0.1) is 13.2 Å². The number of carbonyl (C=O) groups is 1. The maximum atomic E-state index is 12.3. The fraction of sp³-hybridized carbons (Fsp3) is 0.500. The van der Waals surface area contributed by atoms with Gasteiger partial charge in [0, 0.05) is 11.3 Å². The maximum absolute atomic E-state index is 12.3. The molecule has 4 nitrogen and oxygen atoms in total. The lowest BCUT2D eigenvalue weighted by Gasteiger charge is -2.22. The van der Waals surface area contributed by atoms with Crippen LogP contribution in [0.4, 0.5) is 0 Å². The van der Waals surface area contributed by atoms with E-state index in [1.165, 1.54) is 6.42 Å². The molecule has 1 aliphatic carbocycles. The molecule has 1 atom stereocenters. The van der Waals surface area contributed by atoms with Gasteiger partial charge in [-0.3, -0.25) is 4.79 Å². The first-order chi connectivity index (χ1) is 10.7. The van der Waals surface area contributed by atoms with E-state index in [0.29, 0.717) is 0 Å². The van der Waals surface area contributed by atoms with Crippen LogP contribution >= 0.6 is 0 Å². The smallest absolute Gasteiger partial charge is 0.223 e. The van der Waals surface area contributed by atoms with Crippen molar-refractivity contribution in [3.8, 4) is 5.75 Å². The Morgan fingerprint density at radius 2 is 2.09 bits per heavy atom. The van der Waals surface area contributed by atoms with E-state index in [2.05, 4.69) is 5.32 Å². The summed E-state index contributed by atoms with van der Waals surface area (Å²) in [6.45, 7) is 1.96. The van der Waals surface area contributed by atoms with Gasteiger partial charge in [0.25, 0.3) is 0 Å². The van der Waals surface area contributed by atoms with Crippen molar-refractivity contribution in [3.05, 3.63) is 30.0 Å². The molecule has 1 aliphatic rings. The number of hydrogen-bond donors (Lipinski definition) is 1. The zero-order valence-electron chi connectivity index (χ0n) is 13.2. The van der Waals surface area contributed by atoms with Gasteiger partial charge in [-0.15, -0.1) is 0 Å². The molecule has 0 spiro atoms. The Labute approximate surface area is 130 Å². The second-order valence-electron chi connectivity index (χ2n) is 6.09. The predicted octanol–water partition coefficient (Wildman–Crippen LogP) is 4.20. The molecular formula is C18H23NO3.